The highest BCUT2D eigenvalue weighted by molar-refractivity contribution is 6.30. The number of ether oxygens (including phenoxy) is 1. The molecule has 1 saturated heterocycles. The van der Waals surface area contributed by atoms with Crippen molar-refractivity contribution in [3.8, 4) is 5.75 Å². The molecular weight excluding hydrogens is 290 g/mol. The van der Waals surface area contributed by atoms with Gasteiger partial charge in [-0.05, 0) is 37.6 Å². The lowest BCUT2D eigenvalue weighted by atomic mass is 10.1. The molecule has 1 aliphatic heterocycles. The minimum atomic E-state index is 0.0668. The summed E-state index contributed by atoms with van der Waals surface area (Å²) in [6.07, 6.45) is 2.59. The molecule has 6 heteroatoms. The van der Waals surface area contributed by atoms with E-state index in [1.165, 1.54) is 0 Å². The van der Waals surface area contributed by atoms with Crippen LogP contribution in [-0.2, 0) is 4.79 Å². The lowest BCUT2D eigenvalue weighted by molar-refractivity contribution is -0.121. The van der Waals surface area contributed by atoms with Crippen LogP contribution in [0.2, 0.25) is 5.02 Å². The predicted molar refractivity (Wildman–Crippen MR) is 85.1 cm³/mol. The molecule has 1 aromatic carbocycles. The third-order valence-corrected chi connectivity index (χ3v) is 3.73. The van der Waals surface area contributed by atoms with Crippen molar-refractivity contribution in [3.05, 3.63) is 23.2 Å². The number of benzene rings is 1. The summed E-state index contributed by atoms with van der Waals surface area (Å²) in [6.45, 7) is 2.45. The van der Waals surface area contributed by atoms with E-state index in [9.17, 15) is 4.79 Å². The largest absolute Gasteiger partial charge is 0.495 e. The van der Waals surface area contributed by atoms with Gasteiger partial charge >= 0.3 is 0 Å². The fourth-order valence-electron chi connectivity index (χ4n) is 2.40. The third-order valence-electron chi connectivity index (χ3n) is 3.49. The van der Waals surface area contributed by atoms with Gasteiger partial charge in [0.1, 0.15) is 5.75 Å². The summed E-state index contributed by atoms with van der Waals surface area (Å²) in [4.78, 5) is 11.9. The Labute approximate surface area is 130 Å². The Hall–Kier alpha value is -1.46. The number of piperidine rings is 1. The molecule has 0 spiro atoms. The van der Waals surface area contributed by atoms with Crippen LogP contribution in [0.25, 0.3) is 0 Å². The van der Waals surface area contributed by atoms with Gasteiger partial charge in [0, 0.05) is 30.6 Å². The smallest absolute Gasteiger partial charge is 0.222 e. The Morgan fingerprint density at radius 1 is 1.52 bits per heavy atom. The maximum atomic E-state index is 11.9. The molecule has 1 aliphatic rings. The zero-order valence-corrected chi connectivity index (χ0v) is 13.0. The Balaban J connectivity index is 1.75. The summed E-state index contributed by atoms with van der Waals surface area (Å²) in [5.74, 6) is 0.786. The molecule has 0 aliphatic carbocycles. The first-order valence-electron chi connectivity index (χ1n) is 7.26. The molecule has 1 atom stereocenters. The van der Waals surface area contributed by atoms with Gasteiger partial charge in [-0.2, -0.15) is 0 Å². The first kappa shape index (κ1) is 15.9. The number of carbonyl (C=O) groups excluding carboxylic acids is 1. The lowest BCUT2D eigenvalue weighted by Crippen LogP contribution is -2.45. The molecule has 0 bridgehead atoms. The van der Waals surface area contributed by atoms with Gasteiger partial charge in [-0.25, -0.2) is 0 Å². The van der Waals surface area contributed by atoms with E-state index < -0.39 is 0 Å². The number of amides is 1. The second-order valence-electron chi connectivity index (χ2n) is 5.13. The second kappa shape index (κ2) is 8.10. The van der Waals surface area contributed by atoms with Gasteiger partial charge in [0.15, 0.2) is 0 Å². The second-order valence-corrected chi connectivity index (χ2v) is 5.57. The lowest BCUT2D eigenvalue weighted by Gasteiger charge is -2.23. The van der Waals surface area contributed by atoms with Crippen molar-refractivity contribution in [2.24, 2.45) is 0 Å². The van der Waals surface area contributed by atoms with Crippen molar-refractivity contribution in [1.29, 1.82) is 0 Å². The summed E-state index contributed by atoms with van der Waals surface area (Å²) in [5, 5.41) is 10.2. The molecule has 0 saturated carbocycles. The predicted octanol–water partition coefficient (Wildman–Crippen LogP) is 2.02. The highest BCUT2D eigenvalue weighted by Crippen LogP contribution is 2.27. The topological polar surface area (TPSA) is 62.4 Å². The zero-order chi connectivity index (χ0) is 15.1. The van der Waals surface area contributed by atoms with Crippen LogP contribution in [0.5, 0.6) is 5.75 Å². The number of nitrogens with one attached hydrogen (secondary N) is 3. The van der Waals surface area contributed by atoms with Crippen LogP contribution in [0, 0.1) is 0 Å². The van der Waals surface area contributed by atoms with E-state index in [2.05, 4.69) is 16.0 Å². The summed E-state index contributed by atoms with van der Waals surface area (Å²) in [5.41, 5.74) is 0.803. The normalized spacial score (nSPS) is 18.1. The standard InChI is InChI=1S/C15H22ClN3O2/c1-21-14-5-4-11(16)9-13(14)18-8-6-15(20)19-12-3-2-7-17-10-12/h4-5,9,12,17-18H,2-3,6-8,10H2,1H3,(H,19,20)/t12-/m0/s1. The van der Waals surface area contributed by atoms with Gasteiger partial charge < -0.3 is 20.7 Å². The molecule has 21 heavy (non-hydrogen) atoms. The summed E-state index contributed by atoms with van der Waals surface area (Å²) < 4.78 is 5.25. The van der Waals surface area contributed by atoms with E-state index >= 15 is 0 Å². The Bertz CT molecular complexity index is 476. The van der Waals surface area contributed by atoms with Crippen molar-refractivity contribution in [1.82, 2.24) is 10.6 Å². The number of hydrogen-bond acceptors (Lipinski definition) is 4. The average Bonchev–Trinajstić information content (AvgIpc) is 2.48. The first-order chi connectivity index (χ1) is 10.2. The van der Waals surface area contributed by atoms with Crippen LogP contribution in [0.1, 0.15) is 19.3 Å². The molecule has 0 radical (unpaired) electrons. The van der Waals surface area contributed by atoms with Crippen molar-refractivity contribution >= 4 is 23.2 Å². The van der Waals surface area contributed by atoms with Gasteiger partial charge in [0.2, 0.25) is 5.91 Å². The van der Waals surface area contributed by atoms with E-state index in [1.54, 1.807) is 25.3 Å². The van der Waals surface area contributed by atoms with Crippen LogP contribution >= 0.6 is 11.6 Å². The van der Waals surface area contributed by atoms with Gasteiger partial charge in [-0.15, -0.1) is 0 Å². The quantitative estimate of drug-likeness (QED) is 0.752. The molecule has 1 amide bonds. The van der Waals surface area contributed by atoms with Crippen molar-refractivity contribution in [2.45, 2.75) is 25.3 Å². The molecule has 1 fully saturated rings. The number of halogens is 1. The van der Waals surface area contributed by atoms with Crippen LogP contribution < -0.4 is 20.7 Å². The maximum absolute atomic E-state index is 11.9. The van der Waals surface area contributed by atoms with E-state index in [1.807, 2.05) is 0 Å². The molecular formula is C15H22ClN3O2. The highest BCUT2D eigenvalue weighted by atomic mass is 35.5. The fourth-order valence-corrected chi connectivity index (χ4v) is 2.58. The van der Waals surface area contributed by atoms with Crippen molar-refractivity contribution in [3.63, 3.8) is 0 Å². The minimum absolute atomic E-state index is 0.0668. The molecule has 0 unspecified atom stereocenters. The molecule has 0 aromatic heterocycles. The number of methoxy groups -OCH3 is 1. The van der Waals surface area contributed by atoms with Gasteiger partial charge in [0.05, 0.1) is 12.8 Å². The molecule has 1 aromatic rings. The van der Waals surface area contributed by atoms with Gasteiger partial charge in [-0.1, -0.05) is 11.6 Å². The van der Waals surface area contributed by atoms with Crippen LogP contribution in [-0.4, -0.2) is 38.7 Å². The Morgan fingerprint density at radius 2 is 2.38 bits per heavy atom. The number of anilines is 1. The SMILES string of the molecule is COc1ccc(Cl)cc1NCCC(=O)N[C@H]1CCCNC1. The van der Waals surface area contributed by atoms with Crippen molar-refractivity contribution < 1.29 is 9.53 Å². The minimum Gasteiger partial charge on any atom is -0.495 e. The third kappa shape index (κ3) is 5.10. The molecule has 116 valence electrons. The van der Waals surface area contributed by atoms with Crippen molar-refractivity contribution in [2.75, 3.05) is 32.1 Å². The molecule has 2 rings (SSSR count). The molecule has 1 heterocycles. The fraction of sp³-hybridized carbons (Fsp3) is 0.533. The van der Waals surface area contributed by atoms with Crippen LogP contribution in [0.15, 0.2) is 18.2 Å². The number of carbonyl (C=O) groups is 1. The average molecular weight is 312 g/mol. The van der Waals surface area contributed by atoms with Crippen LogP contribution in [0.3, 0.4) is 0 Å². The maximum Gasteiger partial charge on any atom is 0.222 e. The monoisotopic (exact) mass is 311 g/mol. The molecule has 3 N–H and O–H groups in total. The Kier molecular flexibility index (Phi) is 6.14. The zero-order valence-electron chi connectivity index (χ0n) is 12.2. The highest BCUT2D eigenvalue weighted by Gasteiger charge is 2.15. The Morgan fingerprint density at radius 3 is 3.10 bits per heavy atom. The van der Waals surface area contributed by atoms with E-state index in [0.717, 1.165) is 37.4 Å². The van der Waals surface area contributed by atoms with E-state index in [4.69, 9.17) is 16.3 Å². The number of rotatable bonds is 6. The van der Waals surface area contributed by atoms with Gasteiger partial charge in [-0.3, -0.25) is 4.79 Å². The van der Waals surface area contributed by atoms with Crippen LogP contribution in [0.4, 0.5) is 5.69 Å². The number of hydrogen-bond donors (Lipinski definition) is 3. The van der Waals surface area contributed by atoms with E-state index in [-0.39, 0.29) is 11.9 Å². The summed E-state index contributed by atoms with van der Waals surface area (Å²) in [6, 6.07) is 5.63. The van der Waals surface area contributed by atoms with E-state index in [0.29, 0.717) is 18.0 Å². The summed E-state index contributed by atoms with van der Waals surface area (Å²) in [7, 11) is 1.61. The first-order valence-corrected chi connectivity index (χ1v) is 7.64. The molecule has 5 nitrogen and oxygen atoms in total. The summed E-state index contributed by atoms with van der Waals surface area (Å²) >= 11 is 5.96. The van der Waals surface area contributed by atoms with Gasteiger partial charge in [0.25, 0.3) is 0 Å².